The lowest BCUT2D eigenvalue weighted by Crippen LogP contribution is -2.54. The molecule has 0 bridgehead atoms. The number of ether oxygens (including phenoxy) is 1. The molecule has 7 nitrogen and oxygen atoms in total. The fourth-order valence-electron chi connectivity index (χ4n) is 2.80. The van der Waals surface area contributed by atoms with Crippen molar-refractivity contribution in [1.29, 1.82) is 0 Å². The Morgan fingerprint density at radius 1 is 1.22 bits per heavy atom. The molecule has 0 spiro atoms. The molecule has 3 rings (SSSR count). The number of nitrogens with one attached hydrogen (secondary N) is 1. The molecule has 1 aromatic carbocycles. The summed E-state index contributed by atoms with van der Waals surface area (Å²) < 4.78 is 18.8. The van der Waals surface area contributed by atoms with Crippen molar-refractivity contribution < 1.29 is 28.3 Å². The zero-order valence-corrected chi connectivity index (χ0v) is 12.2. The summed E-state index contributed by atoms with van der Waals surface area (Å²) in [5.41, 5.74) is 0.0997. The summed E-state index contributed by atoms with van der Waals surface area (Å²) >= 11 is 0. The van der Waals surface area contributed by atoms with Crippen LogP contribution in [0.3, 0.4) is 0 Å². The van der Waals surface area contributed by atoms with Gasteiger partial charge in [-0.15, -0.1) is 0 Å². The van der Waals surface area contributed by atoms with Crippen LogP contribution in [0.5, 0.6) is 0 Å². The standard InChI is InChI=1S/C15H13FN2O5/c1-23-6-7-4-8-9(5-10(7)16)15(22)18(14(8)21)11-2-3-12(19)17-13(11)20/h4-5,11H,2-3,6H2,1H3,(H,17,19,20). The van der Waals surface area contributed by atoms with Crippen LogP contribution in [0, 0.1) is 5.82 Å². The minimum absolute atomic E-state index is 0.0348. The van der Waals surface area contributed by atoms with Crippen LogP contribution in [0.25, 0.3) is 0 Å². The van der Waals surface area contributed by atoms with Crippen LogP contribution in [0.4, 0.5) is 4.39 Å². The van der Waals surface area contributed by atoms with Gasteiger partial charge in [0.05, 0.1) is 17.7 Å². The first-order chi connectivity index (χ1) is 10.9. The van der Waals surface area contributed by atoms with Gasteiger partial charge in [-0.3, -0.25) is 29.4 Å². The van der Waals surface area contributed by atoms with Gasteiger partial charge in [0.25, 0.3) is 11.8 Å². The average molecular weight is 320 g/mol. The van der Waals surface area contributed by atoms with Gasteiger partial charge < -0.3 is 4.74 Å². The number of amides is 4. The number of imide groups is 2. The number of fused-ring (bicyclic) bond motifs is 1. The summed E-state index contributed by atoms with van der Waals surface area (Å²) in [4.78, 5) is 48.8. The Morgan fingerprint density at radius 3 is 2.48 bits per heavy atom. The van der Waals surface area contributed by atoms with Crippen molar-refractivity contribution >= 4 is 23.6 Å². The van der Waals surface area contributed by atoms with Crippen LogP contribution in [0.2, 0.25) is 0 Å². The fraction of sp³-hybridized carbons (Fsp3) is 0.333. The Morgan fingerprint density at radius 2 is 1.87 bits per heavy atom. The molecule has 0 radical (unpaired) electrons. The monoisotopic (exact) mass is 320 g/mol. The molecular formula is C15H13FN2O5. The molecule has 1 aromatic rings. The zero-order valence-electron chi connectivity index (χ0n) is 12.2. The van der Waals surface area contributed by atoms with Gasteiger partial charge >= 0.3 is 0 Å². The van der Waals surface area contributed by atoms with E-state index < -0.39 is 35.5 Å². The highest BCUT2D eigenvalue weighted by molar-refractivity contribution is 6.23. The van der Waals surface area contributed by atoms with Gasteiger partial charge in [0.1, 0.15) is 11.9 Å². The first-order valence-electron chi connectivity index (χ1n) is 6.97. The van der Waals surface area contributed by atoms with Crippen molar-refractivity contribution in [1.82, 2.24) is 10.2 Å². The van der Waals surface area contributed by atoms with Crippen LogP contribution in [0.15, 0.2) is 12.1 Å². The third-order valence-corrected chi connectivity index (χ3v) is 3.91. The second-order valence-corrected chi connectivity index (χ2v) is 5.37. The maximum Gasteiger partial charge on any atom is 0.262 e. The van der Waals surface area contributed by atoms with Crippen LogP contribution in [-0.4, -0.2) is 41.7 Å². The third-order valence-electron chi connectivity index (χ3n) is 3.91. The number of benzene rings is 1. The SMILES string of the molecule is COCc1cc2c(cc1F)C(=O)N(C1CCC(=O)NC1=O)C2=O. The van der Waals surface area contributed by atoms with Crippen molar-refractivity contribution in [2.75, 3.05) is 7.11 Å². The van der Waals surface area contributed by atoms with E-state index in [0.717, 1.165) is 11.0 Å². The van der Waals surface area contributed by atoms with E-state index >= 15 is 0 Å². The highest BCUT2D eigenvalue weighted by Crippen LogP contribution is 2.29. The quantitative estimate of drug-likeness (QED) is 0.813. The van der Waals surface area contributed by atoms with Gasteiger partial charge in [-0.05, 0) is 18.6 Å². The van der Waals surface area contributed by atoms with Gasteiger partial charge in [0.2, 0.25) is 11.8 Å². The van der Waals surface area contributed by atoms with Gasteiger partial charge in [-0.2, -0.15) is 0 Å². The molecule has 1 N–H and O–H groups in total. The minimum Gasteiger partial charge on any atom is -0.380 e. The predicted octanol–water partition coefficient (Wildman–Crippen LogP) is 0.373. The van der Waals surface area contributed by atoms with Gasteiger partial charge in [0, 0.05) is 19.1 Å². The Labute approximate surface area is 130 Å². The molecule has 0 aromatic heterocycles. The van der Waals surface area contributed by atoms with Crippen LogP contribution < -0.4 is 5.32 Å². The molecule has 1 saturated heterocycles. The lowest BCUT2D eigenvalue weighted by atomic mass is 10.0. The number of halogens is 1. The van der Waals surface area contributed by atoms with Crippen molar-refractivity contribution in [2.24, 2.45) is 0 Å². The fourth-order valence-corrected chi connectivity index (χ4v) is 2.80. The Kier molecular flexibility index (Phi) is 3.69. The Balaban J connectivity index is 1.97. The van der Waals surface area contributed by atoms with E-state index in [1.165, 1.54) is 13.2 Å². The number of hydrogen-bond acceptors (Lipinski definition) is 5. The van der Waals surface area contributed by atoms with Gasteiger partial charge in [0.15, 0.2) is 0 Å². The van der Waals surface area contributed by atoms with E-state index in [1.807, 2.05) is 0 Å². The molecule has 23 heavy (non-hydrogen) atoms. The summed E-state index contributed by atoms with van der Waals surface area (Å²) in [6, 6.07) is 1.19. The predicted molar refractivity (Wildman–Crippen MR) is 73.8 cm³/mol. The molecule has 2 aliphatic heterocycles. The summed E-state index contributed by atoms with van der Waals surface area (Å²) in [7, 11) is 1.38. The molecule has 1 atom stereocenters. The third kappa shape index (κ3) is 2.40. The number of nitrogens with zero attached hydrogens (tertiary/aromatic N) is 1. The highest BCUT2D eigenvalue weighted by Gasteiger charge is 2.45. The number of methoxy groups -OCH3 is 1. The van der Waals surface area contributed by atoms with Crippen LogP contribution in [0.1, 0.15) is 39.1 Å². The topological polar surface area (TPSA) is 92.8 Å². The minimum atomic E-state index is -1.06. The Bertz CT molecular complexity index is 746. The smallest absolute Gasteiger partial charge is 0.262 e. The van der Waals surface area contributed by atoms with Crippen molar-refractivity contribution in [3.05, 3.63) is 34.6 Å². The maximum absolute atomic E-state index is 13.9. The number of rotatable bonds is 3. The highest BCUT2D eigenvalue weighted by atomic mass is 19.1. The summed E-state index contributed by atoms with van der Waals surface area (Å²) in [6.45, 7) is -0.0427. The molecule has 8 heteroatoms. The summed E-state index contributed by atoms with van der Waals surface area (Å²) in [5, 5.41) is 2.10. The molecule has 1 unspecified atom stereocenters. The lowest BCUT2D eigenvalue weighted by Gasteiger charge is -2.27. The largest absolute Gasteiger partial charge is 0.380 e. The molecule has 2 heterocycles. The summed E-state index contributed by atoms with van der Waals surface area (Å²) in [5.74, 6) is -3.21. The molecule has 2 aliphatic rings. The maximum atomic E-state index is 13.9. The van der Waals surface area contributed by atoms with Crippen molar-refractivity contribution in [2.45, 2.75) is 25.5 Å². The van der Waals surface area contributed by atoms with E-state index in [0.29, 0.717) is 0 Å². The number of carbonyl (C=O) groups is 4. The van der Waals surface area contributed by atoms with Crippen LogP contribution >= 0.6 is 0 Å². The summed E-state index contributed by atoms with van der Waals surface area (Å²) in [6.07, 6.45) is 0.0939. The molecule has 0 saturated carbocycles. The molecule has 4 amide bonds. The number of hydrogen-bond donors (Lipinski definition) is 1. The first-order valence-corrected chi connectivity index (χ1v) is 6.97. The van der Waals surface area contributed by atoms with E-state index in [1.54, 1.807) is 0 Å². The first kappa shape index (κ1) is 15.3. The van der Waals surface area contributed by atoms with Gasteiger partial charge in [-0.1, -0.05) is 0 Å². The Hall–Kier alpha value is -2.61. The molecule has 0 aliphatic carbocycles. The number of carbonyl (C=O) groups excluding carboxylic acids is 4. The molecular weight excluding hydrogens is 307 g/mol. The van der Waals surface area contributed by atoms with E-state index in [2.05, 4.69) is 5.32 Å². The van der Waals surface area contributed by atoms with Crippen molar-refractivity contribution in [3.63, 3.8) is 0 Å². The van der Waals surface area contributed by atoms with Crippen molar-refractivity contribution in [3.8, 4) is 0 Å². The second kappa shape index (κ2) is 5.54. The van der Waals surface area contributed by atoms with E-state index in [9.17, 15) is 23.6 Å². The van der Waals surface area contributed by atoms with E-state index in [-0.39, 0.29) is 36.1 Å². The van der Waals surface area contributed by atoms with E-state index in [4.69, 9.17) is 4.74 Å². The molecule has 120 valence electrons. The lowest BCUT2D eigenvalue weighted by molar-refractivity contribution is -0.136. The van der Waals surface area contributed by atoms with Gasteiger partial charge in [-0.25, -0.2) is 4.39 Å². The number of piperidine rings is 1. The second-order valence-electron chi connectivity index (χ2n) is 5.37. The molecule has 1 fully saturated rings. The normalized spacial score (nSPS) is 20.8. The van der Waals surface area contributed by atoms with Crippen LogP contribution in [-0.2, 0) is 20.9 Å². The average Bonchev–Trinajstić information content (AvgIpc) is 2.72. The zero-order chi connectivity index (χ0) is 16.7.